The zero-order valence-electron chi connectivity index (χ0n) is 32.4. The fraction of sp³-hybridized carbons (Fsp3) is 0. The average Bonchev–Trinajstić information content (AvgIpc) is 3.35. The maximum absolute atomic E-state index is 12.0. The Labute approximate surface area is 409 Å². The van der Waals surface area contributed by atoms with Crippen LogP contribution in [0.5, 0.6) is 0 Å². The molecule has 336 valence electrons. The number of hydrogen-bond acceptors (Lipinski definition) is 0. The van der Waals surface area contributed by atoms with Gasteiger partial charge in [-0.2, -0.15) is 0 Å². The maximum atomic E-state index is 12.0. The SMILES string of the molecule is Fc1[c-]c(F)c(F)c(F)c1F.Fc1[c-]c(F)c(F)c(F)c1F.[Br][Pd+].[Br][Pd+].c1ccc([As](c2ccccc2)c2ccccc2)cc1.c1ccc([As](c2ccccc2)c2ccccc2)cc1. The third-order valence-corrected chi connectivity index (χ3v) is 18.3. The van der Waals surface area contributed by atoms with Crippen molar-refractivity contribution in [2.75, 3.05) is 0 Å². The van der Waals surface area contributed by atoms with Gasteiger partial charge in [0.15, 0.2) is 0 Å². The summed E-state index contributed by atoms with van der Waals surface area (Å²) in [5, 5.41) is 0. The van der Waals surface area contributed by atoms with Crippen LogP contribution in [0.15, 0.2) is 182 Å². The summed E-state index contributed by atoms with van der Waals surface area (Å²) in [6.45, 7) is 0. The molecule has 0 heterocycles. The molecular weight excluding hydrogens is 1290 g/mol. The van der Waals surface area contributed by atoms with Gasteiger partial charge < -0.3 is 0 Å². The van der Waals surface area contributed by atoms with Crippen LogP contribution >= 0.6 is 26.9 Å². The second-order valence-electron chi connectivity index (χ2n) is 12.1. The van der Waals surface area contributed by atoms with Gasteiger partial charge in [-0.1, -0.05) is 0 Å². The topological polar surface area (TPSA) is 0 Å². The van der Waals surface area contributed by atoms with Crippen molar-refractivity contribution >= 4 is 82.3 Å². The van der Waals surface area contributed by atoms with E-state index in [1.165, 1.54) is 26.1 Å². The summed E-state index contributed by atoms with van der Waals surface area (Å²) in [6.07, 6.45) is 0. The van der Waals surface area contributed by atoms with E-state index in [0.29, 0.717) is 0 Å². The molecule has 0 nitrogen and oxygen atoms in total. The van der Waals surface area contributed by atoms with Crippen LogP contribution < -0.4 is 26.1 Å². The Kier molecular flexibility index (Phi) is 25.6. The first-order valence-corrected chi connectivity index (χ1v) is 30.7. The van der Waals surface area contributed by atoms with Crippen molar-refractivity contribution in [1.29, 1.82) is 0 Å². The third-order valence-electron chi connectivity index (χ3n) is 8.07. The summed E-state index contributed by atoms with van der Waals surface area (Å²) in [6, 6.07) is 67.5. The minimum absolute atomic E-state index is 1.02. The van der Waals surface area contributed by atoms with Crippen LogP contribution in [0.1, 0.15) is 0 Å². The second kappa shape index (κ2) is 29.9. The van der Waals surface area contributed by atoms with E-state index in [4.69, 9.17) is 0 Å². The average molecular weight is 1320 g/mol. The monoisotopic (exact) mass is 1320 g/mol. The summed E-state index contributed by atoms with van der Waals surface area (Å²) >= 11 is 7.92. The molecule has 8 rings (SSSR count). The minimum atomic E-state index is -2.17. The summed E-state index contributed by atoms with van der Waals surface area (Å²) in [4.78, 5) is 0. The summed E-state index contributed by atoms with van der Waals surface area (Å²) in [5.41, 5.74) is 0. The normalized spacial score (nSPS) is 10.0. The Morgan fingerprint density at radius 2 is 0.391 bits per heavy atom. The number of benzene rings is 8. The van der Waals surface area contributed by atoms with Gasteiger partial charge in [0.1, 0.15) is 0 Å². The molecule has 0 aromatic heterocycles. The summed E-state index contributed by atoms with van der Waals surface area (Å²) < 4.78 is 129. The van der Waals surface area contributed by atoms with Crippen LogP contribution in [0.25, 0.3) is 0 Å². The van der Waals surface area contributed by atoms with Gasteiger partial charge in [0.2, 0.25) is 0 Å². The standard InChI is InChI=1S/2C18H15As.2C6F5.2BrH.2Pd/c2*1-4-10-16(11-5-1)19(17-12-6-2-7-13-17)18-14-8-3-9-15-18;2*7-2-1-3(8)5(10)6(11)4(2)9;;;;/h2*1-15H;;;2*1H;;/q;;2*-1;;;2*+2/p-2. The molecular formula is C48H30As2Br2F10Pd2. The molecule has 0 saturated heterocycles. The first kappa shape index (κ1) is 54.8. The molecule has 0 unspecified atom stereocenters. The molecule has 0 fully saturated rings. The summed E-state index contributed by atoms with van der Waals surface area (Å²) in [7, 11) is 0. The van der Waals surface area contributed by atoms with Crippen molar-refractivity contribution in [3.63, 3.8) is 0 Å². The van der Waals surface area contributed by atoms with Crippen LogP contribution in [0.3, 0.4) is 0 Å². The van der Waals surface area contributed by atoms with Gasteiger partial charge in [-0.15, -0.1) is 12.1 Å². The molecule has 0 radical (unpaired) electrons. The van der Waals surface area contributed by atoms with Gasteiger partial charge >= 0.3 is 299 Å². The van der Waals surface area contributed by atoms with E-state index in [1.807, 2.05) is 0 Å². The Bertz CT molecular complexity index is 2140. The van der Waals surface area contributed by atoms with Gasteiger partial charge in [0.25, 0.3) is 0 Å². The number of halogens is 12. The van der Waals surface area contributed by atoms with E-state index in [0.717, 1.165) is 12.1 Å². The van der Waals surface area contributed by atoms with Crippen LogP contribution in [-0.4, -0.2) is 29.3 Å². The first-order valence-electron chi connectivity index (χ1n) is 17.9. The summed E-state index contributed by atoms with van der Waals surface area (Å²) in [5.74, 6) is -20.1. The van der Waals surface area contributed by atoms with Crippen molar-refractivity contribution in [3.8, 4) is 0 Å². The second-order valence-corrected chi connectivity index (χ2v) is 21.4. The Morgan fingerprint density at radius 3 is 0.531 bits per heavy atom. The molecule has 16 heteroatoms. The van der Waals surface area contributed by atoms with E-state index >= 15 is 0 Å². The molecule has 0 bridgehead atoms. The van der Waals surface area contributed by atoms with Gasteiger partial charge in [-0.05, 0) is 0 Å². The Balaban J connectivity index is 0.000000228. The molecule has 8 aromatic carbocycles. The third kappa shape index (κ3) is 16.4. The molecule has 0 aliphatic carbocycles. The molecule has 0 saturated carbocycles. The fourth-order valence-corrected chi connectivity index (χ4v) is 15.0. The molecule has 0 N–H and O–H groups in total. The van der Waals surface area contributed by atoms with Crippen molar-refractivity contribution < 1.29 is 78.3 Å². The fourth-order valence-electron chi connectivity index (χ4n) is 5.35. The molecule has 8 aromatic rings. The zero-order chi connectivity index (χ0) is 47.0. The van der Waals surface area contributed by atoms with Gasteiger partial charge in [0, 0.05) is 0 Å². The molecule has 0 amide bonds. The van der Waals surface area contributed by atoms with Gasteiger partial charge in [0.05, 0.1) is 58.2 Å². The molecule has 0 spiro atoms. The van der Waals surface area contributed by atoms with E-state index in [9.17, 15) is 43.9 Å². The van der Waals surface area contributed by atoms with Crippen LogP contribution in [-0.2, 0) is 34.4 Å². The van der Waals surface area contributed by atoms with E-state index in [-0.39, 0.29) is 0 Å². The zero-order valence-corrected chi connectivity index (χ0v) is 42.4. The number of rotatable bonds is 6. The van der Waals surface area contributed by atoms with Crippen LogP contribution in [0.2, 0.25) is 0 Å². The predicted octanol–water partition coefficient (Wildman–Crippen LogP) is 10.5. The van der Waals surface area contributed by atoms with Crippen molar-refractivity contribution in [1.82, 2.24) is 0 Å². The van der Waals surface area contributed by atoms with E-state index in [1.54, 1.807) is 0 Å². The first-order chi connectivity index (χ1) is 31.0. The quantitative estimate of drug-likeness (QED) is 0.0512. The molecule has 64 heavy (non-hydrogen) atoms. The molecule has 0 atom stereocenters. The van der Waals surface area contributed by atoms with Crippen LogP contribution in [0, 0.1) is 70.3 Å². The van der Waals surface area contributed by atoms with E-state index in [2.05, 4.69) is 243 Å². The van der Waals surface area contributed by atoms with Crippen molar-refractivity contribution in [3.05, 3.63) is 252 Å². The predicted molar refractivity (Wildman–Crippen MR) is 236 cm³/mol. The van der Waals surface area contributed by atoms with Crippen molar-refractivity contribution in [2.45, 2.75) is 0 Å². The Morgan fingerprint density at radius 1 is 0.250 bits per heavy atom. The van der Waals surface area contributed by atoms with E-state index < -0.39 is 87.5 Å². The molecule has 0 aliphatic heterocycles. The van der Waals surface area contributed by atoms with Crippen molar-refractivity contribution in [2.24, 2.45) is 0 Å². The number of hydrogen-bond donors (Lipinski definition) is 0. The Hall–Kier alpha value is -3.54. The van der Waals surface area contributed by atoms with Crippen LogP contribution in [0.4, 0.5) is 43.9 Å². The van der Waals surface area contributed by atoms with Gasteiger partial charge in [-0.25, -0.2) is 26.3 Å². The molecule has 0 aliphatic rings. The van der Waals surface area contributed by atoms with Gasteiger partial charge in [-0.3, -0.25) is 17.6 Å².